The summed E-state index contributed by atoms with van der Waals surface area (Å²) in [5.41, 5.74) is 1.28. The van der Waals surface area contributed by atoms with Crippen molar-refractivity contribution in [3.63, 3.8) is 0 Å². The smallest absolute Gasteiger partial charge is 0.136 e. The molecule has 0 amide bonds. The van der Waals surface area contributed by atoms with Crippen LogP contribution in [0.15, 0.2) is 6.07 Å². The van der Waals surface area contributed by atoms with Crippen molar-refractivity contribution in [2.75, 3.05) is 18.5 Å². The Morgan fingerprint density at radius 3 is 2.18 bits per heavy atom. The summed E-state index contributed by atoms with van der Waals surface area (Å²) in [6.07, 6.45) is 3.27. The van der Waals surface area contributed by atoms with Gasteiger partial charge in [-0.3, -0.25) is 0 Å². The lowest BCUT2D eigenvalue weighted by molar-refractivity contribution is 0.253. The van der Waals surface area contributed by atoms with E-state index in [1.54, 1.807) is 0 Å². The molecule has 1 aliphatic carbocycles. The topological polar surface area (TPSA) is 58.0 Å². The summed E-state index contributed by atoms with van der Waals surface area (Å²) in [4.78, 5) is 9.51. The average molecular weight is 305 g/mol. The molecule has 124 valence electrons. The normalized spacial score (nSPS) is 17.4. The fraction of sp³-hybridized carbons (Fsp3) is 0.778. The van der Waals surface area contributed by atoms with Crippen molar-refractivity contribution in [1.29, 1.82) is 0 Å². The molecule has 0 aromatic carbocycles. The Labute approximate surface area is 134 Å². The summed E-state index contributed by atoms with van der Waals surface area (Å²) >= 11 is 0. The number of hydrogen-bond donors (Lipinski definition) is 2. The molecule has 0 radical (unpaired) electrons. The van der Waals surface area contributed by atoms with Gasteiger partial charge in [-0.25, -0.2) is 9.97 Å². The quantitative estimate of drug-likeness (QED) is 0.872. The first kappa shape index (κ1) is 17.2. The van der Waals surface area contributed by atoms with Crippen LogP contribution in [-0.4, -0.2) is 28.2 Å². The molecule has 1 heterocycles. The second kappa shape index (κ2) is 5.80. The fourth-order valence-electron chi connectivity index (χ4n) is 2.46. The lowest BCUT2D eigenvalue weighted by Gasteiger charge is -2.24. The lowest BCUT2D eigenvalue weighted by atomic mass is 9.90. The van der Waals surface area contributed by atoms with Gasteiger partial charge in [-0.05, 0) is 24.7 Å². The van der Waals surface area contributed by atoms with Crippen molar-refractivity contribution in [3.05, 3.63) is 17.6 Å². The van der Waals surface area contributed by atoms with E-state index in [1.807, 2.05) is 0 Å². The van der Waals surface area contributed by atoms with Gasteiger partial charge in [0, 0.05) is 30.0 Å². The monoisotopic (exact) mass is 305 g/mol. The van der Waals surface area contributed by atoms with Crippen molar-refractivity contribution in [3.8, 4) is 0 Å². The molecule has 1 aromatic rings. The summed E-state index contributed by atoms with van der Waals surface area (Å²) < 4.78 is 0. The molecule has 0 saturated heterocycles. The maximum Gasteiger partial charge on any atom is 0.136 e. The van der Waals surface area contributed by atoms with E-state index < -0.39 is 0 Å². The molecule has 1 saturated carbocycles. The van der Waals surface area contributed by atoms with Crippen LogP contribution in [-0.2, 0) is 10.8 Å². The minimum absolute atomic E-state index is 0.00172. The summed E-state index contributed by atoms with van der Waals surface area (Å²) in [5.74, 6) is 1.79. The highest BCUT2D eigenvalue weighted by atomic mass is 16.3. The Morgan fingerprint density at radius 1 is 1.09 bits per heavy atom. The van der Waals surface area contributed by atoms with E-state index >= 15 is 0 Å². The van der Waals surface area contributed by atoms with Gasteiger partial charge in [-0.1, -0.05) is 41.5 Å². The minimum Gasteiger partial charge on any atom is -0.396 e. The van der Waals surface area contributed by atoms with Crippen molar-refractivity contribution >= 4 is 5.82 Å². The van der Waals surface area contributed by atoms with Crippen LogP contribution >= 0.6 is 0 Å². The maximum absolute atomic E-state index is 9.19. The number of anilines is 1. The molecular formula is C18H31N3O. The number of aromatic nitrogens is 2. The maximum atomic E-state index is 9.19. The Kier molecular flexibility index (Phi) is 4.54. The molecular weight excluding hydrogens is 274 g/mol. The van der Waals surface area contributed by atoms with Gasteiger partial charge < -0.3 is 10.4 Å². The molecule has 0 spiro atoms. The highest BCUT2D eigenvalue weighted by molar-refractivity contribution is 5.39. The minimum atomic E-state index is -0.0694. The molecule has 0 atom stereocenters. The largest absolute Gasteiger partial charge is 0.396 e. The number of aliphatic hydroxyl groups excluding tert-OH is 1. The van der Waals surface area contributed by atoms with E-state index in [4.69, 9.17) is 9.97 Å². The summed E-state index contributed by atoms with van der Waals surface area (Å²) in [6.45, 7) is 14.1. The predicted molar refractivity (Wildman–Crippen MR) is 91.3 cm³/mol. The standard InChI is InChI=1S/C18H31N3O/c1-16(2,3)13-11-14(21-15(20-13)17(4,5)6)19-12-18(7-8-18)9-10-22/h11,22H,7-10,12H2,1-6H3,(H,19,20,21). The summed E-state index contributed by atoms with van der Waals surface area (Å²) in [7, 11) is 0. The number of rotatable bonds is 5. The molecule has 2 rings (SSSR count). The first-order valence-corrected chi connectivity index (χ1v) is 8.31. The third kappa shape index (κ3) is 4.19. The van der Waals surface area contributed by atoms with Gasteiger partial charge in [-0.2, -0.15) is 0 Å². The van der Waals surface area contributed by atoms with Crippen LogP contribution in [0.1, 0.15) is 72.3 Å². The van der Waals surface area contributed by atoms with Crippen molar-refractivity contribution in [2.24, 2.45) is 5.41 Å². The van der Waals surface area contributed by atoms with E-state index in [0.29, 0.717) is 0 Å². The summed E-state index contributed by atoms with van der Waals surface area (Å²) in [5, 5.41) is 12.7. The van der Waals surface area contributed by atoms with Crippen LogP contribution in [0.25, 0.3) is 0 Å². The average Bonchev–Trinajstić information content (AvgIpc) is 3.15. The van der Waals surface area contributed by atoms with Gasteiger partial charge in [0.05, 0.1) is 5.69 Å². The number of nitrogens with zero attached hydrogens (tertiary/aromatic N) is 2. The number of aliphatic hydroxyl groups is 1. The number of hydrogen-bond acceptors (Lipinski definition) is 4. The van der Waals surface area contributed by atoms with E-state index in [0.717, 1.165) is 30.3 Å². The lowest BCUT2D eigenvalue weighted by Crippen LogP contribution is -2.24. The summed E-state index contributed by atoms with van der Waals surface area (Å²) in [6, 6.07) is 2.07. The van der Waals surface area contributed by atoms with E-state index in [1.165, 1.54) is 12.8 Å². The molecule has 0 aliphatic heterocycles. The van der Waals surface area contributed by atoms with Crippen molar-refractivity contribution in [1.82, 2.24) is 9.97 Å². The SMILES string of the molecule is CC(C)(C)c1cc(NCC2(CCO)CC2)nc(C(C)(C)C)n1. The first-order chi connectivity index (χ1) is 10.1. The Morgan fingerprint density at radius 2 is 1.73 bits per heavy atom. The van der Waals surface area contributed by atoms with Crippen LogP contribution in [0, 0.1) is 5.41 Å². The molecule has 1 fully saturated rings. The number of nitrogens with one attached hydrogen (secondary N) is 1. The first-order valence-electron chi connectivity index (χ1n) is 8.31. The van der Waals surface area contributed by atoms with Gasteiger partial charge in [-0.15, -0.1) is 0 Å². The van der Waals surface area contributed by atoms with Gasteiger partial charge in [0.1, 0.15) is 11.6 Å². The van der Waals surface area contributed by atoms with Crippen LogP contribution in [0.4, 0.5) is 5.82 Å². The second-order valence-electron chi connectivity index (χ2n) is 8.79. The third-order valence-electron chi connectivity index (χ3n) is 4.41. The Bertz CT molecular complexity index is 490. The zero-order valence-electron chi connectivity index (χ0n) is 15.0. The van der Waals surface area contributed by atoms with Gasteiger partial charge in [0.15, 0.2) is 0 Å². The van der Waals surface area contributed by atoms with Crippen LogP contribution in [0.3, 0.4) is 0 Å². The fourth-order valence-corrected chi connectivity index (χ4v) is 2.46. The second-order valence-corrected chi connectivity index (χ2v) is 8.79. The molecule has 2 N–H and O–H groups in total. The van der Waals surface area contributed by atoms with E-state index in [9.17, 15) is 5.11 Å². The molecule has 4 nitrogen and oxygen atoms in total. The Balaban J connectivity index is 2.23. The zero-order valence-corrected chi connectivity index (χ0v) is 15.0. The molecule has 0 bridgehead atoms. The van der Waals surface area contributed by atoms with Crippen LogP contribution in [0.5, 0.6) is 0 Å². The molecule has 4 heteroatoms. The molecule has 22 heavy (non-hydrogen) atoms. The highest BCUT2D eigenvalue weighted by Crippen LogP contribution is 2.48. The van der Waals surface area contributed by atoms with E-state index in [2.05, 4.69) is 52.9 Å². The van der Waals surface area contributed by atoms with Gasteiger partial charge >= 0.3 is 0 Å². The van der Waals surface area contributed by atoms with E-state index in [-0.39, 0.29) is 22.9 Å². The third-order valence-corrected chi connectivity index (χ3v) is 4.41. The van der Waals surface area contributed by atoms with Crippen molar-refractivity contribution < 1.29 is 5.11 Å². The van der Waals surface area contributed by atoms with Crippen LogP contribution in [0.2, 0.25) is 0 Å². The predicted octanol–water partition coefficient (Wildman–Crippen LogP) is 3.65. The molecule has 1 aliphatic rings. The van der Waals surface area contributed by atoms with Crippen molar-refractivity contribution in [2.45, 2.75) is 71.6 Å². The Hall–Kier alpha value is -1.16. The van der Waals surface area contributed by atoms with Gasteiger partial charge in [0.25, 0.3) is 0 Å². The highest BCUT2D eigenvalue weighted by Gasteiger charge is 2.41. The molecule has 1 aromatic heterocycles. The molecule has 0 unspecified atom stereocenters. The van der Waals surface area contributed by atoms with Crippen LogP contribution < -0.4 is 5.32 Å². The zero-order chi connectivity index (χ0) is 16.6. The van der Waals surface area contributed by atoms with Gasteiger partial charge in [0.2, 0.25) is 0 Å².